The van der Waals surface area contributed by atoms with E-state index < -0.39 is 0 Å². The molecule has 1 aromatic carbocycles. The monoisotopic (exact) mass is 417 g/mol. The molecule has 1 unspecified atom stereocenters. The second-order valence-electron chi connectivity index (χ2n) is 6.89. The summed E-state index contributed by atoms with van der Waals surface area (Å²) in [6.45, 7) is 3.39. The van der Waals surface area contributed by atoms with Crippen LogP contribution in [0.1, 0.15) is 30.1 Å². The number of carbonyl (C=O) groups is 2. The van der Waals surface area contributed by atoms with Gasteiger partial charge in [0.25, 0.3) is 0 Å². The predicted octanol–water partition coefficient (Wildman–Crippen LogP) is 3.99. The number of ether oxygens (including phenoxy) is 1. The molecule has 0 radical (unpaired) electrons. The highest BCUT2D eigenvalue weighted by atomic mass is 35.5. The van der Waals surface area contributed by atoms with Gasteiger partial charge in [-0.05, 0) is 37.3 Å². The van der Waals surface area contributed by atoms with Crippen LogP contribution in [-0.2, 0) is 9.53 Å². The smallest absolute Gasteiger partial charge is 0.338 e. The molecule has 0 aliphatic carbocycles. The minimum Gasteiger partial charge on any atom is -0.459 e. The van der Waals surface area contributed by atoms with Gasteiger partial charge in [-0.25, -0.2) is 9.78 Å². The molecule has 0 saturated carbocycles. The first-order valence-corrected chi connectivity index (χ1v) is 10.4. The molecule has 2 aliphatic heterocycles. The quantitative estimate of drug-likeness (QED) is 0.761. The van der Waals surface area contributed by atoms with Crippen LogP contribution < -0.4 is 10.2 Å². The van der Waals surface area contributed by atoms with Crippen molar-refractivity contribution in [1.82, 2.24) is 4.98 Å². The third-order valence-corrected chi connectivity index (χ3v) is 6.30. The average molecular weight is 418 g/mol. The molecule has 2 aliphatic rings. The lowest BCUT2D eigenvalue weighted by Gasteiger charge is -2.32. The maximum atomic E-state index is 12.6. The number of pyridine rings is 1. The van der Waals surface area contributed by atoms with Crippen molar-refractivity contribution < 1.29 is 14.3 Å². The maximum absolute atomic E-state index is 12.6. The van der Waals surface area contributed by atoms with E-state index in [1.165, 1.54) is 11.8 Å². The highest BCUT2D eigenvalue weighted by Crippen LogP contribution is 2.36. The number of carbonyl (C=O) groups excluding carboxylic acids is 2. The Labute approximate surface area is 172 Å². The molecular formula is C20H20ClN3O3S. The number of anilines is 2. The predicted molar refractivity (Wildman–Crippen MR) is 110 cm³/mol. The van der Waals surface area contributed by atoms with E-state index in [2.05, 4.69) is 15.2 Å². The zero-order valence-corrected chi connectivity index (χ0v) is 16.9. The number of thioether (sulfide) groups is 1. The fourth-order valence-corrected chi connectivity index (χ4v) is 4.36. The first-order chi connectivity index (χ1) is 13.5. The van der Waals surface area contributed by atoms with E-state index in [1.807, 2.05) is 25.1 Å². The number of hydrogen-bond acceptors (Lipinski definition) is 6. The number of aromatic nitrogens is 1. The SMILES string of the molecule is CC1Sc2ccc(C(=O)OC3CCN(c4ccc(Cl)cn4)CC3)cc2NC1=O. The standard InChI is InChI=1S/C20H20ClN3O3S/c1-12-19(25)23-16-10-13(2-4-17(16)28-12)20(26)27-15-6-8-24(9-7-15)18-5-3-14(21)11-22-18/h2-5,10-12,15H,6-9H2,1H3,(H,23,25). The summed E-state index contributed by atoms with van der Waals surface area (Å²) in [7, 11) is 0. The maximum Gasteiger partial charge on any atom is 0.338 e. The van der Waals surface area contributed by atoms with Gasteiger partial charge in [-0.2, -0.15) is 0 Å². The number of piperidine rings is 1. The molecule has 3 heterocycles. The van der Waals surface area contributed by atoms with E-state index in [1.54, 1.807) is 18.3 Å². The Morgan fingerprint density at radius 2 is 2.07 bits per heavy atom. The summed E-state index contributed by atoms with van der Waals surface area (Å²) in [6, 6.07) is 9.03. The Kier molecular flexibility index (Phi) is 5.46. The second-order valence-corrected chi connectivity index (χ2v) is 8.71. The number of fused-ring (bicyclic) bond motifs is 1. The summed E-state index contributed by atoms with van der Waals surface area (Å²) in [5.74, 6) is 0.473. The topological polar surface area (TPSA) is 71.5 Å². The van der Waals surface area contributed by atoms with Crippen molar-refractivity contribution in [2.24, 2.45) is 0 Å². The van der Waals surface area contributed by atoms with Gasteiger partial charge in [0.2, 0.25) is 5.91 Å². The molecule has 1 N–H and O–H groups in total. The molecule has 4 rings (SSSR count). The molecular weight excluding hydrogens is 398 g/mol. The number of nitrogens with zero attached hydrogens (tertiary/aromatic N) is 2. The minimum absolute atomic E-state index is 0.0498. The number of amides is 1. The van der Waals surface area contributed by atoms with Gasteiger partial charge in [0.1, 0.15) is 11.9 Å². The van der Waals surface area contributed by atoms with Crippen molar-refractivity contribution in [1.29, 1.82) is 0 Å². The Bertz CT molecular complexity index is 898. The number of benzene rings is 1. The molecule has 6 nitrogen and oxygen atoms in total. The van der Waals surface area contributed by atoms with Gasteiger partial charge in [-0.3, -0.25) is 4.79 Å². The molecule has 8 heteroatoms. The van der Waals surface area contributed by atoms with Gasteiger partial charge in [0, 0.05) is 37.0 Å². The molecule has 1 atom stereocenters. The van der Waals surface area contributed by atoms with Crippen LogP contribution in [0.25, 0.3) is 0 Å². The van der Waals surface area contributed by atoms with Gasteiger partial charge >= 0.3 is 5.97 Å². The van der Waals surface area contributed by atoms with Crippen LogP contribution in [0, 0.1) is 0 Å². The summed E-state index contributed by atoms with van der Waals surface area (Å²) < 4.78 is 5.69. The average Bonchev–Trinajstić information content (AvgIpc) is 2.70. The second kappa shape index (κ2) is 8.01. The summed E-state index contributed by atoms with van der Waals surface area (Å²) in [5, 5.41) is 3.32. The van der Waals surface area contributed by atoms with Crippen LogP contribution in [0.2, 0.25) is 5.02 Å². The Morgan fingerprint density at radius 3 is 2.79 bits per heavy atom. The van der Waals surface area contributed by atoms with Gasteiger partial charge in [-0.1, -0.05) is 11.6 Å². The molecule has 1 aromatic heterocycles. The van der Waals surface area contributed by atoms with E-state index in [-0.39, 0.29) is 23.2 Å². The fourth-order valence-electron chi connectivity index (χ4n) is 3.31. The summed E-state index contributed by atoms with van der Waals surface area (Å²) >= 11 is 7.38. The van der Waals surface area contributed by atoms with E-state index >= 15 is 0 Å². The highest BCUT2D eigenvalue weighted by Gasteiger charge is 2.26. The number of esters is 1. The van der Waals surface area contributed by atoms with Crippen molar-refractivity contribution >= 4 is 46.7 Å². The molecule has 146 valence electrons. The van der Waals surface area contributed by atoms with Crippen LogP contribution in [0.5, 0.6) is 0 Å². The van der Waals surface area contributed by atoms with Crippen LogP contribution in [0.3, 0.4) is 0 Å². The van der Waals surface area contributed by atoms with E-state index in [0.717, 1.165) is 36.6 Å². The fraction of sp³-hybridized carbons (Fsp3) is 0.350. The number of nitrogens with one attached hydrogen (secondary N) is 1. The zero-order chi connectivity index (χ0) is 19.7. The summed E-state index contributed by atoms with van der Waals surface area (Å²) in [4.78, 5) is 31.9. The van der Waals surface area contributed by atoms with Crippen molar-refractivity contribution in [2.45, 2.75) is 36.0 Å². The molecule has 1 saturated heterocycles. The number of hydrogen-bond donors (Lipinski definition) is 1. The van der Waals surface area contributed by atoms with Crippen molar-refractivity contribution in [3.05, 3.63) is 47.1 Å². The van der Waals surface area contributed by atoms with Crippen LogP contribution in [0.4, 0.5) is 11.5 Å². The van der Waals surface area contributed by atoms with E-state index in [4.69, 9.17) is 16.3 Å². The zero-order valence-electron chi connectivity index (χ0n) is 15.4. The Hall–Kier alpha value is -2.25. The van der Waals surface area contributed by atoms with Gasteiger partial charge in [0.05, 0.1) is 21.5 Å². The number of rotatable bonds is 3. The molecule has 2 aromatic rings. The van der Waals surface area contributed by atoms with E-state index in [0.29, 0.717) is 16.3 Å². The van der Waals surface area contributed by atoms with Crippen LogP contribution in [0.15, 0.2) is 41.4 Å². The third-order valence-electron chi connectivity index (χ3n) is 4.90. The lowest BCUT2D eigenvalue weighted by atomic mass is 10.1. The minimum atomic E-state index is -0.358. The molecule has 28 heavy (non-hydrogen) atoms. The lowest BCUT2D eigenvalue weighted by molar-refractivity contribution is -0.115. The normalized spacial score (nSPS) is 19.7. The largest absolute Gasteiger partial charge is 0.459 e. The van der Waals surface area contributed by atoms with Crippen LogP contribution >= 0.6 is 23.4 Å². The number of halogens is 1. The summed E-state index contributed by atoms with van der Waals surface area (Å²) in [5.41, 5.74) is 1.13. The van der Waals surface area contributed by atoms with E-state index in [9.17, 15) is 9.59 Å². The van der Waals surface area contributed by atoms with Gasteiger partial charge < -0.3 is 15.0 Å². The van der Waals surface area contributed by atoms with Gasteiger partial charge in [-0.15, -0.1) is 11.8 Å². The third kappa shape index (κ3) is 4.10. The molecule has 0 spiro atoms. The molecule has 0 bridgehead atoms. The summed E-state index contributed by atoms with van der Waals surface area (Å²) in [6.07, 6.45) is 2.99. The highest BCUT2D eigenvalue weighted by molar-refractivity contribution is 8.00. The first-order valence-electron chi connectivity index (χ1n) is 9.18. The van der Waals surface area contributed by atoms with Crippen molar-refractivity contribution in [3.63, 3.8) is 0 Å². The van der Waals surface area contributed by atoms with Crippen molar-refractivity contribution in [3.8, 4) is 0 Å². The molecule has 1 amide bonds. The lowest BCUT2D eigenvalue weighted by Crippen LogP contribution is -2.38. The molecule has 1 fully saturated rings. The Balaban J connectivity index is 1.35. The van der Waals surface area contributed by atoms with Gasteiger partial charge in [0.15, 0.2) is 0 Å². The Morgan fingerprint density at radius 1 is 1.29 bits per heavy atom. The first kappa shape index (κ1) is 19.1. The van der Waals surface area contributed by atoms with Crippen LogP contribution in [-0.4, -0.2) is 41.3 Å². The van der Waals surface area contributed by atoms with Crippen molar-refractivity contribution in [2.75, 3.05) is 23.3 Å².